The van der Waals surface area contributed by atoms with Crippen LogP contribution in [0.15, 0.2) is 6.07 Å². The van der Waals surface area contributed by atoms with Gasteiger partial charge in [0.2, 0.25) is 5.91 Å². The molecule has 0 atom stereocenters. The number of nitrogens with zero attached hydrogens (tertiary/aromatic N) is 1. The Hall–Kier alpha value is -1.36. The molecule has 0 aromatic carbocycles. The van der Waals surface area contributed by atoms with E-state index in [4.69, 9.17) is 5.73 Å². The van der Waals surface area contributed by atoms with Gasteiger partial charge in [0.25, 0.3) is 0 Å². The lowest BCUT2D eigenvalue weighted by Gasteiger charge is -2.24. The normalized spacial score (nSPS) is 18.6. The standard InChI is InChI=1S/C11H18N4O/c1-8-6-9(15-14-8)13-10(16)11(7-12)4-2-3-5-11/h6H,2-5,7,12H2,1H3,(H2,13,14,15,16). The fourth-order valence-corrected chi connectivity index (χ4v) is 2.31. The Morgan fingerprint density at radius 1 is 1.62 bits per heavy atom. The van der Waals surface area contributed by atoms with Crippen molar-refractivity contribution in [3.63, 3.8) is 0 Å². The van der Waals surface area contributed by atoms with Crippen LogP contribution in [-0.4, -0.2) is 22.6 Å². The van der Waals surface area contributed by atoms with E-state index in [0.29, 0.717) is 12.4 Å². The summed E-state index contributed by atoms with van der Waals surface area (Å²) in [6, 6.07) is 1.82. The summed E-state index contributed by atoms with van der Waals surface area (Å²) in [7, 11) is 0. The van der Waals surface area contributed by atoms with E-state index in [1.807, 2.05) is 13.0 Å². The maximum atomic E-state index is 12.1. The third-order valence-corrected chi connectivity index (χ3v) is 3.38. The van der Waals surface area contributed by atoms with Crippen LogP contribution in [0.4, 0.5) is 5.82 Å². The summed E-state index contributed by atoms with van der Waals surface area (Å²) in [5.74, 6) is 0.598. The number of nitrogens with one attached hydrogen (secondary N) is 2. The highest BCUT2D eigenvalue weighted by atomic mass is 16.2. The number of hydrogen-bond donors (Lipinski definition) is 3. The highest BCUT2D eigenvalue weighted by Gasteiger charge is 2.39. The fraction of sp³-hybridized carbons (Fsp3) is 0.636. The first-order valence-electron chi connectivity index (χ1n) is 5.70. The number of anilines is 1. The minimum atomic E-state index is -0.368. The zero-order valence-electron chi connectivity index (χ0n) is 9.55. The second-order valence-corrected chi connectivity index (χ2v) is 4.58. The van der Waals surface area contributed by atoms with Crippen LogP contribution in [0, 0.1) is 12.3 Å². The van der Waals surface area contributed by atoms with Crippen molar-refractivity contribution < 1.29 is 4.79 Å². The molecule has 0 bridgehead atoms. The maximum absolute atomic E-state index is 12.1. The van der Waals surface area contributed by atoms with Gasteiger partial charge < -0.3 is 11.1 Å². The number of hydrogen-bond acceptors (Lipinski definition) is 3. The summed E-state index contributed by atoms with van der Waals surface area (Å²) in [5.41, 5.74) is 6.31. The van der Waals surface area contributed by atoms with Crippen LogP contribution in [0.1, 0.15) is 31.4 Å². The first-order valence-corrected chi connectivity index (χ1v) is 5.70. The van der Waals surface area contributed by atoms with Crippen LogP contribution in [0.25, 0.3) is 0 Å². The van der Waals surface area contributed by atoms with Gasteiger partial charge in [-0.3, -0.25) is 9.89 Å². The highest BCUT2D eigenvalue weighted by molar-refractivity contribution is 5.95. The molecule has 0 saturated heterocycles. The van der Waals surface area contributed by atoms with Crippen molar-refractivity contribution in [3.05, 3.63) is 11.8 Å². The molecule has 1 aliphatic rings. The van der Waals surface area contributed by atoms with E-state index in [2.05, 4.69) is 15.5 Å². The molecular weight excluding hydrogens is 204 g/mol. The predicted octanol–water partition coefficient (Wildman–Crippen LogP) is 1.18. The van der Waals surface area contributed by atoms with Gasteiger partial charge in [-0.15, -0.1) is 0 Å². The number of aryl methyl sites for hydroxylation is 1. The number of carbonyl (C=O) groups excluding carboxylic acids is 1. The predicted molar refractivity (Wildman–Crippen MR) is 61.9 cm³/mol. The number of aromatic nitrogens is 2. The van der Waals surface area contributed by atoms with Gasteiger partial charge in [-0.25, -0.2) is 0 Å². The topological polar surface area (TPSA) is 83.8 Å². The van der Waals surface area contributed by atoms with Crippen molar-refractivity contribution in [3.8, 4) is 0 Å². The van der Waals surface area contributed by atoms with Crippen molar-refractivity contribution in [1.82, 2.24) is 10.2 Å². The Kier molecular flexibility index (Phi) is 2.96. The van der Waals surface area contributed by atoms with E-state index >= 15 is 0 Å². The molecule has 1 aliphatic carbocycles. The van der Waals surface area contributed by atoms with E-state index in [-0.39, 0.29) is 11.3 Å². The van der Waals surface area contributed by atoms with Crippen LogP contribution < -0.4 is 11.1 Å². The van der Waals surface area contributed by atoms with Gasteiger partial charge in [0.15, 0.2) is 5.82 Å². The second-order valence-electron chi connectivity index (χ2n) is 4.58. The first-order chi connectivity index (χ1) is 7.66. The molecule has 0 unspecified atom stereocenters. The van der Waals surface area contributed by atoms with Gasteiger partial charge in [-0.2, -0.15) is 5.10 Å². The van der Waals surface area contributed by atoms with E-state index in [1.54, 1.807) is 0 Å². The van der Waals surface area contributed by atoms with Crippen LogP contribution in [0.2, 0.25) is 0 Å². The Balaban J connectivity index is 2.07. The molecular formula is C11H18N4O. The lowest BCUT2D eigenvalue weighted by Crippen LogP contribution is -2.40. The second kappa shape index (κ2) is 4.25. The fourth-order valence-electron chi connectivity index (χ4n) is 2.31. The monoisotopic (exact) mass is 222 g/mol. The van der Waals surface area contributed by atoms with Gasteiger partial charge in [0.05, 0.1) is 5.41 Å². The van der Waals surface area contributed by atoms with Crippen LogP contribution in [-0.2, 0) is 4.79 Å². The van der Waals surface area contributed by atoms with Crippen molar-refractivity contribution in [1.29, 1.82) is 0 Å². The molecule has 0 radical (unpaired) electrons. The lowest BCUT2D eigenvalue weighted by atomic mass is 9.85. The van der Waals surface area contributed by atoms with Crippen LogP contribution >= 0.6 is 0 Å². The molecule has 2 rings (SSSR count). The van der Waals surface area contributed by atoms with Gasteiger partial charge in [-0.05, 0) is 19.8 Å². The Bertz CT molecular complexity index is 379. The first kappa shape index (κ1) is 11.1. The highest BCUT2D eigenvalue weighted by Crippen LogP contribution is 2.37. The number of aromatic amines is 1. The summed E-state index contributed by atoms with van der Waals surface area (Å²) in [6.07, 6.45) is 3.95. The third kappa shape index (κ3) is 1.95. The van der Waals surface area contributed by atoms with Crippen molar-refractivity contribution in [2.45, 2.75) is 32.6 Å². The summed E-state index contributed by atoms with van der Waals surface area (Å²) < 4.78 is 0. The average Bonchev–Trinajstić information content (AvgIpc) is 2.88. The Morgan fingerprint density at radius 3 is 2.81 bits per heavy atom. The molecule has 1 aromatic rings. The number of rotatable bonds is 3. The van der Waals surface area contributed by atoms with Crippen LogP contribution in [0.5, 0.6) is 0 Å². The molecule has 5 heteroatoms. The molecule has 5 nitrogen and oxygen atoms in total. The number of amides is 1. The largest absolute Gasteiger partial charge is 0.329 e. The quantitative estimate of drug-likeness (QED) is 0.718. The van der Waals surface area contributed by atoms with E-state index in [1.165, 1.54) is 0 Å². The molecule has 1 heterocycles. The summed E-state index contributed by atoms with van der Waals surface area (Å²) in [4.78, 5) is 12.1. The van der Waals surface area contributed by atoms with E-state index < -0.39 is 0 Å². The SMILES string of the molecule is Cc1cc(NC(=O)C2(CN)CCCC2)n[nH]1. The van der Waals surface area contributed by atoms with Gasteiger partial charge in [0, 0.05) is 18.3 Å². The smallest absolute Gasteiger partial charge is 0.233 e. The maximum Gasteiger partial charge on any atom is 0.233 e. The van der Waals surface area contributed by atoms with E-state index in [0.717, 1.165) is 31.4 Å². The van der Waals surface area contributed by atoms with Gasteiger partial charge in [0.1, 0.15) is 0 Å². The number of nitrogens with two attached hydrogens (primary N) is 1. The molecule has 1 fully saturated rings. The van der Waals surface area contributed by atoms with Crippen molar-refractivity contribution >= 4 is 11.7 Å². The van der Waals surface area contributed by atoms with Gasteiger partial charge in [-0.1, -0.05) is 12.8 Å². The molecule has 1 saturated carbocycles. The van der Waals surface area contributed by atoms with Crippen molar-refractivity contribution in [2.24, 2.45) is 11.1 Å². The average molecular weight is 222 g/mol. The van der Waals surface area contributed by atoms with Crippen molar-refractivity contribution in [2.75, 3.05) is 11.9 Å². The lowest BCUT2D eigenvalue weighted by molar-refractivity contribution is -0.124. The Morgan fingerprint density at radius 2 is 2.31 bits per heavy atom. The summed E-state index contributed by atoms with van der Waals surface area (Å²) in [6.45, 7) is 2.32. The Labute approximate surface area is 94.8 Å². The molecule has 4 N–H and O–H groups in total. The van der Waals surface area contributed by atoms with E-state index in [9.17, 15) is 4.79 Å². The molecule has 1 aromatic heterocycles. The zero-order valence-corrected chi connectivity index (χ0v) is 9.55. The number of carbonyl (C=O) groups is 1. The minimum absolute atomic E-state index is 0.0130. The molecule has 0 spiro atoms. The summed E-state index contributed by atoms with van der Waals surface area (Å²) >= 11 is 0. The van der Waals surface area contributed by atoms with Crippen LogP contribution in [0.3, 0.4) is 0 Å². The zero-order chi connectivity index (χ0) is 11.6. The molecule has 16 heavy (non-hydrogen) atoms. The molecule has 1 amide bonds. The minimum Gasteiger partial charge on any atom is -0.329 e. The van der Waals surface area contributed by atoms with Gasteiger partial charge >= 0.3 is 0 Å². The molecule has 0 aliphatic heterocycles. The third-order valence-electron chi connectivity index (χ3n) is 3.38. The molecule has 88 valence electrons. The number of H-pyrrole nitrogens is 1. The summed E-state index contributed by atoms with van der Waals surface area (Å²) in [5, 5.41) is 9.63.